The van der Waals surface area contributed by atoms with E-state index in [4.69, 9.17) is 23.7 Å². The van der Waals surface area contributed by atoms with E-state index in [0.717, 1.165) is 27.3 Å². The highest BCUT2D eigenvalue weighted by molar-refractivity contribution is 7.15. The van der Waals surface area contributed by atoms with Crippen LogP contribution < -0.4 is 23.7 Å². The summed E-state index contributed by atoms with van der Waals surface area (Å²) in [6.45, 7) is 0.203. The summed E-state index contributed by atoms with van der Waals surface area (Å²) in [5, 5.41) is 10.9. The van der Waals surface area contributed by atoms with Crippen LogP contribution in [0.3, 0.4) is 0 Å². The molecule has 0 aliphatic rings. The molecular weight excluding hydrogens is 434 g/mol. The molecule has 0 atom stereocenters. The highest BCUT2D eigenvalue weighted by atomic mass is 32.1. The lowest BCUT2D eigenvalue weighted by atomic mass is 10.1. The SMILES string of the molecule is COc1ccc(C=Cc2cc(OC)c(OC)c(OC)c2)cc1OCc1ccc([N+](=O)[O-])s1. The van der Waals surface area contributed by atoms with Crippen molar-refractivity contribution in [3.63, 3.8) is 0 Å². The average Bonchev–Trinajstić information content (AvgIpc) is 3.30. The van der Waals surface area contributed by atoms with Crippen LogP contribution in [-0.4, -0.2) is 33.4 Å². The van der Waals surface area contributed by atoms with Crippen molar-refractivity contribution in [3.05, 3.63) is 68.6 Å². The monoisotopic (exact) mass is 457 g/mol. The lowest BCUT2D eigenvalue weighted by molar-refractivity contribution is -0.380. The van der Waals surface area contributed by atoms with Crippen molar-refractivity contribution in [2.45, 2.75) is 6.61 Å². The highest BCUT2D eigenvalue weighted by Crippen LogP contribution is 2.39. The molecule has 0 aliphatic heterocycles. The molecule has 0 bridgehead atoms. The Hall–Kier alpha value is -3.72. The minimum Gasteiger partial charge on any atom is -0.493 e. The van der Waals surface area contributed by atoms with Gasteiger partial charge in [0.1, 0.15) is 6.61 Å². The molecule has 0 saturated heterocycles. The average molecular weight is 458 g/mol. The van der Waals surface area contributed by atoms with Gasteiger partial charge in [0.15, 0.2) is 23.0 Å². The van der Waals surface area contributed by atoms with E-state index in [1.807, 2.05) is 36.4 Å². The van der Waals surface area contributed by atoms with Gasteiger partial charge in [0, 0.05) is 10.9 Å². The first-order valence-electron chi connectivity index (χ1n) is 9.51. The summed E-state index contributed by atoms with van der Waals surface area (Å²) in [6, 6.07) is 12.4. The second-order valence-electron chi connectivity index (χ2n) is 6.49. The van der Waals surface area contributed by atoms with Gasteiger partial charge in [-0.05, 0) is 41.5 Å². The Labute approximate surface area is 189 Å². The van der Waals surface area contributed by atoms with Crippen molar-refractivity contribution in [3.8, 4) is 28.7 Å². The third kappa shape index (κ3) is 5.30. The smallest absolute Gasteiger partial charge is 0.324 e. The third-order valence-electron chi connectivity index (χ3n) is 4.54. The summed E-state index contributed by atoms with van der Waals surface area (Å²) < 4.78 is 27.4. The standard InChI is InChI=1S/C23H23NO7S/c1-27-18-9-7-15(11-19(18)31-14-17-8-10-22(32-17)24(25)26)5-6-16-12-20(28-2)23(30-4)21(13-16)29-3/h5-13H,14H2,1-4H3. The molecule has 0 aliphatic carbocycles. The molecule has 0 fully saturated rings. The molecule has 8 nitrogen and oxygen atoms in total. The minimum atomic E-state index is -0.413. The summed E-state index contributed by atoms with van der Waals surface area (Å²) in [4.78, 5) is 11.2. The Kier molecular flexibility index (Phi) is 7.56. The van der Waals surface area contributed by atoms with Gasteiger partial charge in [-0.15, -0.1) is 0 Å². The fourth-order valence-electron chi connectivity index (χ4n) is 2.99. The second-order valence-corrected chi connectivity index (χ2v) is 7.63. The second kappa shape index (κ2) is 10.5. The number of hydrogen-bond donors (Lipinski definition) is 0. The number of nitro groups is 1. The molecule has 0 N–H and O–H groups in total. The van der Waals surface area contributed by atoms with Crippen LogP contribution in [0.4, 0.5) is 5.00 Å². The molecule has 32 heavy (non-hydrogen) atoms. The van der Waals surface area contributed by atoms with E-state index in [1.165, 1.54) is 6.07 Å². The molecular formula is C23H23NO7S. The molecule has 3 aromatic rings. The van der Waals surface area contributed by atoms with Crippen LogP contribution in [0.25, 0.3) is 12.2 Å². The van der Waals surface area contributed by atoms with Crippen molar-refractivity contribution in [2.24, 2.45) is 0 Å². The Morgan fingerprint density at radius 1 is 0.812 bits per heavy atom. The van der Waals surface area contributed by atoms with Gasteiger partial charge in [0.2, 0.25) is 5.75 Å². The van der Waals surface area contributed by atoms with Gasteiger partial charge in [-0.1, -0.05) is 29.6 Å². The fourth-order valence-corrected chi connectivity index (χ4v) is 3.72. The number of ether oxygens (including phenoxy) is 5. The quantitative estimate of drug-likeness (QED) is 0.227. The number of nitrogens with zero attached hydrogens (tertiary/aromatic N) is 1. The van der Waals surface area contributed by atoms with Crippen molar-refractivity contribution in [1.29, 1.82) is 0 Å². The molecule has 1 aromatic heterocycles. The summed E-state index contributed by atoms with van der Waals surface area (Å²) in [5.74, 6) is 2.77. The first-order valence-corrected chi connectivity index (χ1v) is 10.3. The Bertz CT molecular complexity index is 1100. The predicted molar refractivity (Wildman–Crippen MR) is 123 cm³/mol. The minimum absolute atomic E-state index is 0.0811. The van der Waals surface area contributed by atoms with Gasteiger partial charge in [0.25, 0.3) is 0 Å². The largest absolute Gasteiger partial charge is 0.493 e. The predicted octanol–water partition coefficient (Wildman–Crippen LogP) is 5.44. The number of thiophene rings is 1. The third-order valence-corrected chi connectivity index (χ3v) is 5.55. The van der Waals surface area contributed by atoms with E-state index in [2.05, 4.69) is 0 Å². The molecule has 1 heterocycles. The first kappa shape index (κ1) is 23.0. The number of methoxy groups -OCH3 is 4. The summed E-state index contributed by atoms with van der Waals surface area (Å²) >= 11 is 1.08. The molecule has 2 aromatic carbocycles. The van der Waals surface area contributed by atoms with Crippen LogP contribution in [0, 0.1) is 10.1 Å². The molecule has 3 rings (SSSR count). The lowest BCUT2D eigenvalue weighted by Gasteiger charge is -2.13. The van der Waals surface area contributed by atoms with E-state index < -0.39 is 4.92 Å². The molecule has 0 unspecified atom stereocenters. The maximum atomic E-state index is 10.9. The Morgan fingerprint density at radius 3 is 2.00 bits per heavy atom. The van der Waals surface area contributed by atoms with Crippen LogP contribution in [-0.2, 0) is 6.61 Å². The number of hydrogen-bond acceptors (Lipinski definition) is 8. The maximum Gasteiger partial charge on any atom is 0.324 e. The normalized spacial score (nSPS) is 10.8. The summed E-state index contributed by atoms with van der Waals surface area (Å²) in [5.41, 5.74) is 1.75. The summed E-state index contributed by atoms with van der Waals surface area (Å²) in [7, 11) is 6.26. The van der Waals surface area contributed by atoms with Gasteiger partial charge in [-0.3, -0.25) is 10.1 Å². The zero-order chi connectivity index (χ0) is 23.1. The van der Waals surface area contributed by atoms with Crippen LogP contribution >= 0.6 is 11.3 Å². The van der Waals surface area contributed by atoms with Crippen molar-refractivity contribution < 1.29 is 28.6 Å². The molecule has 0 saturated carbocycles. The topological polar surface area (TPSA) is 89.3 Å². The van der Waals surface area contributed by atoms with Crippen LogP contribution in [0.1, 0.15) is 16.0 Å². The molecule has 0 radical (unpaired) electrons. The molecule has 0 amide bonds. The summed E-state index contributed by atoms with van der Waals surface area (Å²) in [6.07, 6.45) is 3.83. The Balaban J connectivity index is 1.81. The maximum absolute atomic E-state index is 10.9. The molecule has 9 heteroatoms. The first-order chi connectivity index (χ1) is 15.5. The van der Waals surface area contributed by atoms with E-state index in [-0.39, 0.29) is 11.6 Å². The van der Waals surface area contributed by atoms with E-state index >= 15 is 0 Å². The Morgan fingerprint density at radius 2 is 1.44 bits per heavy atom. The molecule has 0 spiro atoms. The van der Waals surface area contributed by atoms with Crippen molar-refractivity contribution in [2.75, 3.05) is 28.4 Å². The van der Waals surface area contributed by atoms with Crippen LogP contribution in [0.5, 0.6) is 28.7 Å². The lowest BCUT2D eigenvalue weighted by Crippen LogP contribution is -1.96. The zero-order valence-electron chi connectivity index (χ0n) is 18.1. The van der Waals surface area contributed by atoms with Crippen molar-refractivity contribution in [1.82, 2.24) is 0 Å². The van der Waals surface area contributed by atoms with Crippen LogP contribution in [0.2, 0.25) is 0 Å². The molecule has 168 valence electrons. The van der Waals surface area contributed by atoms with Gasteiger partial charge in [-0.25, -0.2) is 0 Å². The van der Waals surface area contributed by atoms with Gasteiger partial charge < -0.3 is 23.7 Å². The van der Waals surface area contributed by atoms with Gasteiger partial charge in [-0.2, -0.15) is 0 Å². The van der Waals surface area contributed by atoms with E-state index in [9.17, 15) is 10.1 Å². The number of rotatable bonds is 10. The van der Waals surface area contributed by atoms with E-state index in [0.29, 0.717) is 28.7 Å². The highest BCUT2D eigenvalue weighted by Gasteiger charge is 2.13. The zero-order valence-corrected chi connectivity index (χ0v) is 18.9. The van der Waals surface area contributed by atoms with Gasteiger partial charge >= 0.3 is 5.00 Å². The van der Waals surface area contributed by atoms with E-state index in [1.54, 1.807) is 40.6 Å². The fraction of sp³-hybridized carbons (Fsp3) is 0.217. The van der Waals surface area contributed by atoms with Gasteiger partial charge in [0.05, 0.1) is 33.4 Å². The number of benzene rings is 2. The van der Waals surface area contributed by atoms with Crippen molar-refractivity contribution >= 4 is 28.5 Å². The van der Waals surface area contributed by atoms with Crippen LogP contribution in [0.15, 0.2) is 42.5 Å².